The van der Waals surface area contributed by atoms with Crippen molar-refractivity contribution >= 4 is 5.91 Å². The average molecular weight is 349 g/mol. The lowest BCUT2D eigenvalue weighted by Gasteiger charge is -2.23. The van der Waals surface area contributed by atoms with E-state index in [0.717, 1.165) is 42.0 Å². The number of amides is 1. The van der Waals surface area contributed by atoms with Crippen LogP contribution in [0.25, 0.3) is 11.3 Å². The molecule has 134 valence electrons. The Kier molecular flexibility index (Phi) is 4.61. The Morgan fingerprint density at radius 3 is 2.85 bits per heavy atom. The maximum absolute atomic E-state index is 12.7. The number of aryl methyl sites for hydroxylation is 2. The van der Waals surface area contributed by atoms with Crippen molar-refractivity contribution in [1.29, 1.82) is 0 Å². The van der Waals surface area contributed by atoms with Gasteiger partial charge in [-0.15, -0.1) is 0 Å². The van der Waals surface area contributed by atoms with Crippen molar-refractivity contribution in [3.63, 3.8) is 0 Å². The molecule has 0 unspecified atom stereocenters. The van der Waals surface area contributed by atoms with E-state index in [-0.39, 0.29) is 11.9 Å². The Labute approximate surface area is 153 Å². The summed E-state index contributed by atoms with van der Waals surface area (Å²) < 4.78 is 7.71. The van der Waals surface area contributed by atoms with Gasteiger partial charge in [-0.1, -0.05) is 30.3 Å². The molecule has 0 radical (unpaired) electrons. The molecule has 5 nitrogen and oxygen atoms in total. The van der Waals surface area contributed by atoms with Gasteiger partial charge in [0.25, 0.3) is 0 Å². The normalized spacial score (nSPS) is 17.0. The van der Waals surface area contributed by atoms with Gasteiger partial charge >= 0.3 is 0 Å². The van der Waals surface area contributed by atoms with Gasteiger partial charge in [0.1, 0.15) is 11.5 Å². The van der Waals surface area contributed by atoms with E-state index in [0.29, 0.717) is 12.8 Å². The number of hydrogen-bond acceptors (Lipinski definition) is 3. The molecule has 1 fully saturated rings. The van der Waals surface area contributed by atoms with E-state index in [2.05, 4.69) is 5.10 Å². The van der Waals surface area contributed by atoms with Gasteiger partial charge in [0.2, 0.25) is 5.91 Å². The minimum absolute atomic E-state index is 0.160. The molecule has 0 aliphatic carbocycles. The molecule has 1 aromatic carbocycles. The van der Waals surface area contributed by atoms with Crippen LogP contribution in [0.2, 0.25) is 0 Å². The van der Waals surface area contributed by atoms with Crippen LogP contribution >= 0.6 is 0 Å². The molecule has 1 atom stereocenters. The molecule has 2 aromatic heterocycles. The minimum atomic E-state index is 0.160. The van der Waals surface area contributed by atoms with E-state index in [9.17, 15) is 4.79 Å². The first-order chi connectivity index (χ1) is 12.7. The van der Waals surface area contributed by atoms with Crippen LogP contribution in [-0.4, -0.2) is 27.1 Å². The highest BCUT2D eigenvalue weighted by Gasteiger charge is 2.30. The zero-order valence-electron chi connectivity index (χ0n) is 15.0. The van der Waals surface area contributed by atoms with Gasteiger partial charge in [0, 0.05) is 43.8 Å². The molecule has 3 heterocycles. The fourth-order valence-electron chi connectivity index (χ4n) is 3.67. The third kappa shape index (κ3) is 3.43. The predicted octanol–water partition coefficient (Wildman–Crippen LogP) is 3.98. The van der Waals surface area contributed by atoms with E-state index < -0.39 is 0 Å². The molecule has 3 aromatic rings. The molecule has 0 N–H and O–H groups in total. The SMILES string of the molecule is Cn1cc([C@@H]2CCCN2C(=O)CCc2ccc(-c3ccccc3)o2)cn1. The molecule has 0 spiro atoms. The van der Waals surface area contributed by atoms with Crippen molar-refractivity contribution in [2.24, 2.45) is 7.05 Å². The smallest absolute Gasteiger partial charge is 0.223 e. The lowest BCUT2D eigenvalue weighted by atomic mass is 10.1. The van der Waals surface area contributed by atoms with E-state index in [1.807, 2.05) is 66.8 Å². The minimum Gasteiger partial charge on any atom is -0.461 e. The Morgan fingerprint density at radius 1 is 1.23 bits per heavy atom. The maximum atomic E-state index is 12.7. The Bertz CT molecular complexity index is 882. The first-order valence-electron chi connectivity index (χ1n) is 9.13. The van der Waals surface area contributed by atoms with Crippen molar-refractivity contribution in [2.45, 2.75) is 31.7 Å². The standard InChI is InChI=1S/C21H23N3O2/c1-23-15-17(14-22-23)19-8-5-13-24(19)21(25)12-10-18-9-11-20(26-18)16-6-3-2-4-7-16/h2-4,6-7,9,11,14-15,19H,5,8,10,12-13H2,1H3/t19-/m0/s1. The lowest BCUT2D eigenvalue weighted by molar-refractivity contribution is -0.132. The topological polar surface area (TPSA) is 51.3 Å². The number of nitrogens with zero attached hydrogens (tertiary/aromatic N) is 3. The van der Waals surface area contributed by atoms with E-state index >= 15 is 0 Å². The van der Waals surface area contributed by atoms with E-state index in [1.54, 1.807) is 4.68 Å². The molecular formula is C21H23N3O2. The summed E-state index contributed by atoms with van der Waals surface area (Å²) in [7, 11) is 1.91. The lowest BCUT2D eigenvalue weighted by Crippen LogP contribution is -2.30. The summed E-state index contributed by atoms with van der Waals surface area (Å²) in [6.07, 6.45) is 7.03. The molecule has 4 rings (SSSR count). The quantitative estimate of drug-likeness (QED) is 0.700. The number of hydrogen-bond donors (Lipinski definition) is 0. The third-order valence-electron chi connectivity index (χ3n) is 4.99. The van der Waals surface area contributed by atoms with E-state index in [1.165, 1.54) is 0 Å². The molecule has 1 amide bonds. The zero-order chi connectivity index (χ0) is 17.9. The number of carbonyl (C=O) groups excluding carboxylic acids is 1. The fraction of sp³-hybridized carbons (Fsp3) is 0.333. The number of likely N-dealkylation sites (tertiary alicyclic amines) is 1. The van der Waals surface area contributed by atoms with Gasteiger partial charge in [-0.3, -0.25) is 9.48 Å². The van der Waals surface area contributed by atoms with Gasteiger partial charge in [0.15, 0.2) is 0 Å². The summed E-state index contributed by atoms with van der Waals surface area (Å²) in [6, 6.07) is 14.1. The third-order valence-corrected chi connectivity index (χ3v) is 4.99. The Morgan fingerprint density at radius 2 is 2.08 bits per heavy atom. The first-order valence-corrected chi connectivity index (χ1v) is 9.13. The van der Waals surface area contributed by atoms with Crippen molar-refractivity contribution in [3.8, 4) is 11.3 Å². The summed E-state index contributed by atoms with van der Waals surface area (Å²) in [5.74, 6) is 1.89. The van der Waals surface area contributed by atoms with Crippen LogP contribution < -0.4 is 0 Å². The van der Waals surface area contributed by atoms with Crippen LogP contribution in [0.4, 0.5) is 0 Å². The van der Waals surface area contributed by atoms with Crippen LogP contribution in [0.1, 0.15) is 36.6 Å². The highest BCUT2D eigenvalue weighted by atomic mass is 16.3. The number of aromatic nitrogens is 2. The average Bonchev–Trinajstić information content (AvgIpc) is 3.40. The van der Waals surface area contributed by atoms with Crippen LogP contribution in [0.5, 0.6) is 0 Å². The molecule has 26 heavy (non-hydrogen) atoms. The second-order valence-electron chi connectivity index (χ2n) is 6.82. The number of furan rings is 1. The summed E-state index contributed by atoms with van der Waals surface area (Å²) in [4.78, 5) is 14.7. The van der Waals surface area contributed by atoms with Crippen LogP contribution in [0.15, 0.2) is 59.3 Å². The molecule has 0 bridgehead atoms. The highest BCUT2D eigenvalue weighted by molar-refractivity contribution is 5.77. The Hall–Kier alpha value is -2.82. The monoisotopic (exact) mass is 349 g/mol. The van der Waals surface area contributed by atoms with Crippen molar-refractivity contribution in [2.75, 3.05) is 6.54 Å². The first kappa shape index (κ1) is 16.6. The molecule has 5 heteroatoms. The number of carbonyl (C=O) groups is 1. The number of rotatable bonds is 5. The number of benzene rings is 1. The molecule has 1 aliphatic rings. The largest absolute Gasteiger partial charge is 0.461 e. The molecule has 1 saturated heterocycles. The van der Waals surface area contributed by atoms with E-state index in [4.69, 9.17) is 4.42 Å². The summed E-state index contributed by atoms with van der Waals surface area (Å²) >= 11 is 0. The van der Waals surface area contributed by atoms with Crippen LogP contribution in [0.3, 0.4) is 0 Å². The summed E-state index contributed by atoms with van der Waals surface area (Å²) in [6.45, 7) is 0.825. The van der Waals surface area contributed by atoms with Crippen molar-refractivity contribution < 1.29 is 9.21 Å². The highest BCUT2D eigenvalue weighted by Crippen LogP contribution is 2.32. The second-order valence-corrected chi connectivity index (χ2v) is 6.82. The molecule has 1 aliphatic heterocycles. The Balaban J connectivity index is 1.39. The van der Waals surface area contributed by atoms with Crippen molar-refractivity contribution in [1.82, 2.24) is 14.7 Å². The summed E-state index contributed by atoms with van der Waals surface area (Å²) in [5.41, 5.74) is 2.18. The molecular weight excluding hydrogens is 326 g/mol. The zero-order valence-corrected chi connectivity index (χ0v) is 15.0. The van der Waals surface area contributed by atoms with Gasteiger partial charge in [-0.2, -0.15) is 5.10 Å². The predicted molar refractivity (Wildman–Crippen MR) is 99.4 cm³/mol. The van der Waals surface area contributed by atoms with Gasteiger partial charge in [0.05, 0.1) is 12.2 Å². The summed E-state index contributed by atoms with van der Waals surface area (Å²) in [5, 5.41) is 4.24. The van der Waals surface area contributed by atoms with Crippen LogP contribution in [0, 0.1) is 0 Å². The van der Waals surface area contributed by atoms with Gasteiger partial charge < -0.3 is 9.32 Å². The van der Waals surface area contributed by atoms with Crippen LogP contribution in [-0.2, 0) is 18.3 Å². The van der Waals surface area contributed by atoms with Gasteiger partial charge in [-0.05, 0) is 25.0 Å². The fourth-order valence-corrected chi connectivity index (χ4v) is 3.67. The van der Waals surface area contributed by atoms with Crippen molar-refractivity contribution in [3.05, 3.63) is 66.2 Å². The maximum Gasteiger partial charge on any atom is 0.223 e. The second kappa shape index (κ2) is 7.20. The van der Waals surface area contributed by atoms with Gasteiger partial charge in [-0.25, -0.2) is 0 Å². The molecule has 0 saturated carbocycles.